The Kier molecular flexibility index (Phi) is 4.91. The van der Waals surface area contributed by atoms with Gasteiger partial charge in [-0.15, -0.1) is 0 Å². The number of fused-ring (bicyclic) bond motifs is 5. The average Bonchev–Trinajstić information content (AvgIpc) is 3.23. The maximum absolute atomic E-state index is 15.0. The molecule has 3 aliphatic heterocycles. The molecule has 196 valence electrons. The number of cyclic esters (lactones) is 1. The van der Waals surface area contributed by atoms with Gasteiger partial charge in [-0.25, -0.2) is 14.2 Å². The minimum Gasteiger partial charge on any atom is -0.458 e. The summed E-state index contributed by atoms with van der Waals surface area (Å²) in [5, 5.41) is 18.3. The normalized spacial score (nSPS) is 24.8. The first kappa shape index (κ1) is 23.5. The van der Waals surface area contributed by atoms with Gasteiger partial charge in [-0.05, 0) is 61.9 Å². The minimum absolute atomic E-state index is 0.0438. The van der Waals surface area contributed by atoms with E-state index in [1.165, 1.54) is 6.07 Å². The Hall–Kier alpha value is -3.63. The fourth-order valence-corrected chi connectivity index (χ4v) is 6.48. The second-order valence-electron chi connectivity index (χ2n) is 10.7. The van der Waals surface area contributed by atoms with Gasteiger partial charge in [0.25, 0.3) is 5.56 Å². The second kappa shape index (κ2) is 7.94. The molecule has 0 saturated carbocycles. The van der Waals surface area contributed by atoms with Crippen molar-refractivity contribution in [3.8, 4) is 11.4 Å². The molecule has 3 N–H and O–H groups in total. The molecule has 3 atom stereocenters. The number of aliphatic hydroxyl groups is 1. The topological polar surface area (TPSA) is 123 Å². The molecule has 2 aromatic heterocycles. The van der Waals surface area contributed by atoms with E-state index in [1.54, 1.807) is 24.5 Å². The Bertz CT molecular complexity index is 1660. The molecule has 0 bridgehead atoms. The fraction of sp³-hybridized carbons (Fsp3) is 0.429. The molecule has 1 aromatic carbocycles. The van der Waals surface area contributed by atoms with Crippen LogP contribution in [0.2, 0.25) is 0 Å². The van der Waals surface area contributed by atoms with Crippen LogP contribution in [-0.4, -0.2) is 39.1 Å². The zero-order valence-corrected chi connectivity index (χ0v) is 21.1. The Morgan fingerprint density at radius 2 is 2.08 bits per heavy atom. The number of halogens is 1. The molecule has 0 unspecified atom stereocenters. The lowest BCUT2D eigenvalue weighted by Gasteiger charge is -2.33. The van der Waals surface area contributed by atoms with Crippen LogP contribution in [0.3, 0.4) is 0 Å². The summed E-state index contributed by atoms with van der Waals surface area (Å²) in [5.74, 6) is -1.21. The minimum atomic E-state index is -1.93. The van der Waals surface area contributed by atoms with Crippen molar-refractivity contribution >= 4 is 22.8 Å². The maximum atomic E-state index is 15.0. The molecule has 1 fully saturated rings. The summed E-state index contributed by atoms with van der Waals surface area (Å²) in [6.45, 7) is 4.22. The van der Waals surface area contributed by atoms with Gasteiger partial charge in [0, 0.05) is 22.6 Å². The van der Waals surface area contributed by atoms with E-state index in [2.05, 4.69) is 10.6 Å². The number of hydrogen-bond acceptors (Lipinski definition) is 7. The molecular weight excluding hydrogens is 491 g/mol. The van der Waals surface area contributed by atoms with Gasteiger partial charge in [-0.1, -0.05) is 6.92 Å². The largest absolute Gasteiger partial charge is 0.458 e. The number of carbonyl (C=O) groups excluding carboxylic acids is 2. The van der Waals surface area contributed by atoms with Crippen LogP contribution in [0.4, 0.5) is 4.39 Å². The van der Waals surface area contributed by atoms with E-state index in [4.69, 9.17) is 9.72 Å². The second-order valence-corrected chi connectivity index (χ2v) is 10.7. The van der Waals surface area contributed by atoms with Crippen LogP contribution in [0.15, 0.2) is 16.9 Å². The van der Waals surface area contributed by atoms with Crippen LogP contribution in [-0.2, 0) is 39.5 Å². The van der Waals surface area contributed by atoms with E-state index < -0.39 is 11.6 Å². The molecule has 9 nitrogen and oxygen atoms in total. The number of hydrogen-bond donors (Lipinski definition) is 3. The van der Waals surface area contributed by atoms with Crippen molar-refractivity contribution in [2.24, 2.45) is 0 Å². The van der Waals surface area contributed by atoms with Crippen LogP contribution in [0, 0.1) is 12.7 Å². The van der Waals surface area contributed by atoms with Crippen LogP contribution in [0.5, 0.6) is 0 Å². The third kappa shape index (κ3) is 2.98. The number of nitrogens with one attached hydrogen (secondary N) is 2. The highest BCUT2D eigenvalue weighted by Crippen LogP contribution is 2.46. The Labute approximate surface area is 217 Å². The molecular formula is C28H27FN4O5. The van der Waals surface area contributed by atoms with Crippen molar-refractivity contribution in [3.63, 3.8) is 0 Å². The van der Waals surface area contributed by atoms with Crippen LogP contribution < -0.4 is 16.2 Å². The predicted molar refractivity (Wildman–Crippen MR) is 135 cm³/mol. The van der Waals surface area contributed by atoms with Crippen LogP contribution in [0.25, 0.3) is 22.3 Å². The summed E-state index contributed by atoms with van der Waals surface area (Å²) in [6.07, 6.45) is 2.01. The van der Waals surface area contributed by atoms with Gasteiger partial charge in [0.1, 0.15) is 12.4 Å². The Balaban J connectivity index is 1.48. The first-order valence-corrected chi connectivity index (χ1v) is 13.1. The highest BCUT2D eigenvalue weighted by molar-refractivity contribution is 5.94. The van der Waals surface area contributed by atoms with Crippen LogP contribution >= 0.6 is 0 Å². The molecule has 0 radical (unpaired) electrons. The van der Waals surface area contributed by atoms with Gasteiger partial charge in [0.05, 0.1) is 41.1 Å². The molecule has 38 heavy (non-hydrogen) atoms. The highest BCUT2D eigenvalue weighted by Gasteiger charge is 2.46. The Morgan fingerprint density at radius 3 is 2.79 bits per heavy atom. The summed E-state index contributed by atoms with van der Waals surface area (Å²) in [6, 6.07) is 2.51. The zero-order chi connectivity index (χ0) is 26.5. The average molecular weight is 519 g/mol. The standard InChI is InChI=1S/C28H27FN4O5/c1-3-28(37)16-8-21-24-14(10-33(21)26(35)15(16)11-38-27(28)36)23-18(32-25(34)19-6-7-30-19)5-4-13-12(2)17(29)9-20(31-24)22(13)23/h8-9,18-19,30,37H,3-7,10-11H2,1-2H3,(H,32,34)/t18-,19-,28-/m0/s1. The number of esters is 1. The molecule has 0 spiro atoms. The van der Waals surface area contributed by atoms with E-state index in [9.17, 15) is 23.9 Å². The molecule has 1 aliphatic carbocycles. The van der Waals surface area contributed by atoms with E-state index in [0.717, 1.165) is 35.0 Å². The highest BCUT2D eigenvalue weighted by atomic mass is 19.1. The number of nitrogens with zero attached hydrogens (tertiary/aromatic N) is 2. The van der Waals surface area contributed by atoms with Gasteiger partial charge >= 0.3 is 5.97 Å². The van der Waals surface area contributed by atoms with Gasteiger partial charge in [0.15, 0.2) is 5.60 Å². The third-order valence-corrected chi connectivity index (χ3v) is 8.83. The monoisotopic (exact) mass is 518 g/mol. The van der Waals surface area contributed by atoms with Gasteiger partial charge < -0.3 is 25.0 Å². The summed E-state index contributed by atoms with van der Waals surface area (Å²) in [5.41, 5.74) is 2.70. The molecule has 3 aromatic rings. The summed E-state index contributed by atoms with van der Waals surface area (Å²) >= 11 is 0. The number of amides is 1. The number of benzene rings is 1. The number of aryl methyl sites for hydroxylation is 1. The zero-order valence-electron chi connectivity index (χ0n) is 21.1. The number of rotatable bonds is 3. The number of aromatic nitrogens is 2. The SMILES string of the molecule is CC[C@@]1(O)C(=O)OCc2c1cc1n(c2=O)Cc2c-1nc1cc(F)c(C)c3c1c2[C@@H](NC(=O)[C@@H]1CCN1)CC3. The van der Waals surface area contributed by atoms with E-state index in [0.29, 0.717) is 35.3 Å². The number of carbonyl (C=O) groups is 2. The van der Waals surface area contributed by atoms with Crippen molar-refractivity contribution in [2.45, 2.75) is 70.4 Å². The first-order valence-electron chi connectivity index (χ1n) is 13.1. The molecule has 7 rings (SSSR count). The van der Waals surface area contributed by atoms with Crippen molar-refractivity contribution in [1.29, 1.82) is 0 Å². The quantitative estimate of drug-likeness (QED) is 0.355. The lowest BCUT2D eigenvalue weighted by molar-refractivity contribution is -0.172. The maximum Gasteiger partial charge on any atom is 0.343 e. The lowest BCUT2D eigenvalue weighted by atomic mass is 9.81. The molecule has 10 heteroatoms. The lowest BCUT2D eigenvalue weighted by Crippen LogP contribution is -2.54. The first-order chi connectivity index (χ1) is 18.2. The fourth-order valence-electron chi connectivity index (χ4n) is 6.48. The number of pyridine rings is 2. The van der Waals surface area contributed by atoms with E-state index in [1.807, 2.05) is 0 Å². The van der Waals surface area contributed by atoms with Gasteiger partial charge in [-0.3, -0.25) is 9.59 Å². The van der Waals surface area contributed by atoms with Crippen molar-refractivity contribution in [1.82, 2.24) is 20.2 Å². The predicted octanol–water partition coefficient (Wildman–Crippen LogP) is 1.99. The van der Waals surface area contributed by atoms with Crippen molar-refractivity contribution in [2.75, 3.05) is 6.54 Å². The smallest absolute Gasteiger partial charge is 0.343 e. The Morgan fingerprint density at radius 1 is 1.29 bits per heavy atom. The molecule has 5 heterocycles. The third-order valence-electron chi connectivity index (χ3n) is 8.83. The molecule has 1 saturated heterocycles. The van der Waals surface area contributed by atoms with Gasteiger partial charge in [0.2, 0.25) is 5.91 Å². The summed E-state index contributed by atoms with van der Waals surface area (Å²) in [4.78, 5) is 43.9. The van der Waals surface area contributed by atoms with E-state index in [-0.39, 0.29) is 60.1 Å². The summed E-state index contributed by atoms with van der Waals surface area (Å²) in [7, 11) is 0. The molecule has 1 amide bonds. The molecule has 4 aliphatic rings. The van der Waals surface area contributed by atoms with Gasteiger partial charge in [-0.2, -0.15) is 0 Å². The number of ether oxygens (including phenoxy) is 1. The summed E-state index contributed by atoms with van der Waals surface area (Å²) < 4.78 is 21.7. The van der Waals surface area contributed by atoms with E-state index >= 15 is 0 Å². The van der Waals surface area contributed by atoms with Crippen molar-refractivity contribution in [3.05, 3.63) is 61.7 Å². The van der Waals surface area contributed by atoms with Crippen LogP contribution in [0.1, 0.15) is 65.6 Å². The van der Waals surface area contributed by atoms with Crippen molar-refractivity contribution < 1.29 is 23.8 Å².